The van der Waals surface area contributed by atoms with Gasteiger partial charge in [-0.15, -0.1) is 11.3 Å². The van der Waals surface area contributed by atoms with Crippen molar-refractivity contribution in [3.8, 4) is 11.1 Å². The first-order chi connectivity index (χ1) is 13.6. The van der Waals surface area contributed by atoms with Gasteiger partial charge in [0.25, 0.3) is 0 Å². The Labute approximate surface area is 165 Å². The van der Waals surface area contributed by atoms with Crippen LogP contribution in [-0.4, -0.2) is 20.6 Å². The number of aromatic carboxylic acids is 1. The van der Waals surface area contributed by atoms with Gasteiger partial charge < -0.3 is 9.67 Å². The van der Waals surface area contributed by atoms with Gasteiger partial charge in [0.1, 0.15) is 15.9 Å². The molecule has 2 aromatic heterocycles. The quantitative estimate of drug-likeness (QED) is 0.547. The number of hydrogen-bond acceptors (Lipinski definition) is 4. The second-order valence-corrected chi connectivity index (χ2v) is 7.51. The monoisotopic (exact) mass is 390 g/mol. The minimum atomic E-state index is -1.23. The summed E-state index contributed by atoms with van der Waals surface area (Å²) in [5.41, 5.74) is 2.67. The lowest BCUT2D eigenvalue weighted by Crippen LogP contribution is -2.19. The molecular formula is C22H18N2O3S. The molecule has 0 radical (unpaired) electrons. The van der Waals surface area contributed by atoms with Gasteiger partial charge in [0.15, 0.2) is 0 Å². The molecular weight excluding hydrogens is 372 g/mol. The van der Waals surface area contributed by atoms with Crippen molar-refractivity contribution in [2.75, 3.05) is 0 Å². The first-order valence-corrected chi connectivity index (χ1v) is 9.79. The number of hydrogen-bond donors (Lipinski definition) is 1. The maximum Gasteiger partial charge on any atom is 0.341 e. The van der Waals surface area contributed by atoms with Crippen LogP contribution >= 0.6 is 11.3 Å². The molecule has 0 aliphatic rings. The Morgan fingerprint density at radius 2 is 1.82 bits per heavy atom. The van der Waals surface area contributed by atoms with Gasteiger partial charge in [0, 0.05) is 12.7 Å². The predicted molar refractivity (Wildman–Crippen MR) is 111 cm³/mol. The van der Waals surface area contributed by atoms with Crippen molar-refractivity contribution in [3.05, 3.63) is 87.2 Å². The fraction of sp³-hybridized carbons (Fsp3) is 0.136. The maximum absolute atomic E-state index is 12.5. The minimum absolute atomic E-state index is 0.235. The zero-order valence-corrected chi connectivity index (χ0v) is 16.1. The number of carboxylic acids is 1. The first-order valence-electron chi connectivity index (χ1n) is 8.98. The first kappa shape index (κ1) is 18.1. The summed E-state index contributed by atoms with van der Waals surface area (Å²) in [4.78, 5) is 29.2. The lowest BCUT2D eigenvalue weighted by Gasteiger charge is -2.13. The van der Waals surface area contributed by atoms with Gasteiger partial charge in [0.2, 0.25) is 5.43 Å². The number of benzene rings is 2. The highest BCUT2D eigenvalue weighted by Gasteiger charge is 2.19. The van der Waals surface area contributed by atoms with Crippen molar-refractivity contribution in [3.63, 3.8) is 0 Å². The standard InChI is InChI=1S/C22H18N2O3S/c1-2-18-23-19-20(25)17(22(26)27)13-24(21(19)28-18)12-15-10-6-7-11-16(15)14-8-4-3-5-9-14/h3-11,13H,2,12H2,1H3,(H,26,27). The molecule has 0 amide bonds. The third kappa shape index (κ3) is 3.23. The van der Waals surface area contributed by atoms with Crippen LogP contribution in [0.4, 0.5) is 0 Å². The third-order valence-electron chi connectivity index (χ3n) is 4.63. The number of aromatic nitrogens is 2. The lowest BCUT2D eigenvalue weighted by molar-refractivity contribution is 0.0695. The van der Waals surface area contributed by atoms with Gasteiger partial charge in [-0.3, -0.25) is 4.79 Å². The molecule has 1 N–H and O–H groups in total. The highest BCUT2D eigenvalue weighted by Crippen LogP contribution is 2.27. The third-order valence-corrected chi connectivity index (χ3v) is 5.87. The molecule has 0 aliphatic heterocycles. The number of carbonyl (C=O) groups is 1. The molecule has 140 valence electrons. The van der Waals surface area contributed by atoms with Gasteiger partial charge in [0.05, 0.1) is 5.01 Å². The number of thiazole rings is 1. The Morgan fingerprint density at radius 1 is 1.11 bits per heavy atom. The Balaban J connectivity index is 1.90. The van der Waals surface area contributed by atoms with E-state index >= 15 is 0 Å². The van der Waals surface area contributed by atoms with E-state index in [1.807, 2.05) is 66.1 Å². The number of fused-ring (bicyclic) bond motifs is 1. The molecule has 4 rings (SSSR count). The van der Waals surface area contributed by atoms with Crippen molar-refractivity contribution in [2.24, 2.45) is 0 Å². The van der Waals surface area contributed by atoms with E-state index in [1.54, 1.807) is 0 Å². The normalized spacial score (nSPS) is 11.0. The van der Waals surface area contributed by atoms with Crippen molar-refractivity contribution >= 4 is 27.7 Å². The van der Waals surface area contributed by atoms with E-state index in [0.717, 1.165) is 21.7 Å². The molecule has 2 heterocycles. The molecule has 0 unspecified atom stereocenters. The van der Waals surface area contributed by atoms with E-state index in [0.29, 0.717) is 17.8 Å². The Kier molecular flexibility index (Phi) is 4.79. The van der Waals surface area contributed by atoms with Gasteiger partial charge >= 0.3 is 5.97 Å². The fourth-order valence-electron chi connectivity index (χ4n) is 3.26. The average Bonchev–Trinajstić information content (AvgIpc) is 3.16. The summed E-state index contributed by atoms with van der Waals surface area (Å²) in [6, 6.07) is 18.1. The highest BCUT2D eigenvalue weighted by atomic mass is 32.1. The van der Waals surface area contributed by atoms with Gasteiger partial charge in [-0.25, -0.2) is 9.78 Å². The molecule has 0 aliphatic carbocycles. The van der Waals surface area contributed by atoms with Crippen LogP contribution in [-0.2, 0) is 13.0 Å². The van der Waals surface area contributed by atoms with Crippen molar-refractivity contribution in [2.45, 2.75) is 19.9 Å². The zero-order valence-electron chi connectivity index (χ0n) is 15.3. The fourth-order valence-corrected chi connectivity index (χ4v) is 4.23. The van der Waals surface area contributed by atoms with E-state index in [2.05, 4.69) is 4.98 Å². The maximum atomic E-state index is 12.5. The second-order valence-electron chi connectivity index (χ2n) is 6.44. The molecule has 4 aromatic rings. The van der Waals surface area contributed by atoms with E-state index in [4.69, 9.17) is 0 Å². The van der Waals surface area contributed by atoms with Crippen LogP contribution in [0, 0.1) is 0 Å². The zero-order chi connectivity index (χ0) is 19.7. The average molecular weight is 390 g/mol. The molecule has 0 saturated heterocycles. The lowest BCUT2D eigenvalue weighted by atomic mass is 9.99. The number of nitrogens with zero attached hydrogens (tertiary/aromatic N) is 2. The summed E-state index contributed by atoms with van der Waals surface area (Å²) in [5.74, 6) is -1.23. The largest absolute Gasteiger partial charge is 0.477 e. The van der Waals surface area contributed by atoms with Crippen molar-refractivity contribution in [1.29, 1.82) is 0 Å². The summed E-state index contributed by atoms with van der Waals surface area (Å²) in [5, 5.41) is 10.3. The summed E-state index contributed by atoms with van der Waals surface area (Å²) < 4.78 is 1.83. The Hall–Kier alpha value is -3.25. The SMILES string of the molecule is CCc1nc2c(=O)c(C(=O)O)cn(Cc3ccccc3-c3ccccc3)c2s1. The number of rotatable bonds is 5. The van der Waals surface area contributed by atoms with Crippen LogP contribution in [0.5, 0.6) is 0 Å². The van der Waals surface area contributed by atoms with E-state index in [-0.39, 0.29) is 11.1 Å². The molecule has 0 saturated carbocycles. The number of aryl methyl sites for hydroxylation is 1. The van der Waals surface area contributed by atoms with Crippen LogP contribution in [0.3, 0.4) is 0 Å². The Morgan fingerprint density at radius 3 is 2.54 bits per heavy atom. The van der Waals surface area contributed by atoms with E-state index in [9.17, 15) is 14.7 Å². The van der Waals surface area contributed by atoms with Gasteiger partial charge in [-0.2, -0.15) is 0 Å². The Bertz CT molecular complexity index is 1230. The van der Waals surface area contributed by atoms with Crippen molar-refractivity contribution in [1.82, 2.24) is 9.55 Å². The van der Waals surface area contributed by atoms with Crippen LogP contribution in [0.15, 0.2) is 65.6 Å². The molecule has 0 atom stereocenters. The van der Waals surface area contributed by atoms with Gasteiger partial charge in [-0.1, -0.05) is 61.5 Å². The number of pyridine rings is 1. The topological polar surface area (TPSA) is 72.2 Å². The molecule has 6 heteroatoms. The minimum Gasteiger partial charge on any atom is -0.477 e. The van der Waals surface area contributed by atoms with Crippen LogP contribution in [0.2, 0.25) is 0 Å². The van der Waals surface area contributed by atoms with Crippen LogP contribution in [0.1, 0.15) is 27.9 Å². The molecule has 28 heavy (non-hydrogen) atoms. The highest BCUT2D eigenvalue weighted by molar-refractivity contribution is 7.18. The number of carboxylic acid groups (broad SMARTS) is 1. The molecule has 5 nitrogen and oxygen atoms in total. The van der Waals surface area contributed by atoms with Crippen LogP contribution < -0.4 is 5.43 Å². The second kappa shape index (κ2) is 7.40. The van der Waals surface area contributed by atoms with E-state index in [1.165, 1.54) is 17.5 Å². The summed E-state index contributed by atoms with van der Waals surface area (Å²) in [7, 11) is 0. The molecule has 0 fully saturated rings. The summed E-state index contributed by atoms with van der Waals surface area (Å²) >= 11 is 1.44. The molecule has 0 bridgehead atoms. The van der Waals surface area contributed by atoms with Crippen LogP contribution in [0.25, 0.3) is 21.5 Å². The smallest absolute Gasteiger partial charge is 0.341 e. The van der Waals surface area contributed by atoms with Crippen molar-refractivity contribution < 1.29 is 9.90 Å². The summed E-state index contributed by atoms with van der Waals surface area (Å²) in [6.45, 7) is 2.42. The van der Waals surface area contributed by atoms with Gasteiger partial charge in [-0.05, 0) is 23.1 Å². The predicted octanol–water partition coefficient (Wildman–Crippen LogP) is 4.43. The van der Waals surface area contributed by atoms with E-state index < -0.39 is 11.4 Å². The molecule has 2 aromatic carbocycles. The molecule has 0 spiro atoms. The summed E-state index contributed by atoms with van der Waals surface area (Å²) in [6.07, 6.45) is 2.13.